The van der Waals surface area contributed by atoms with Gasteiger partial charge in [-0.1, -0.05) is 13.0 Å². The third-order valence-electron chi connectivity index (χ3n) is 6.15. The van der Waals surface area contributed by atoms with Crippen LogP contribution in [0.4, 0.5) is 29.6 Å². The van der Waals surface area contributed by atoms with Gasteiger partial charge in [0.1, 0.15) is 5.56 Å². The fourth-order valence-corrected chi connectivity index (χ4v) is 5.09. The summed E-state index contributed by atoms with van der Waals surface area (Å²) in [6.07, 6.45) is -1.16. The molecule has 0 radical (unpaired) electrons. The van der Waals surface area contributed by atoms with Gasteiger partial charge in [0.25, 0.3) is 0 Å². The summed E-state index contributed by atoms with van der Waals surface area (Å²) in [6.45, 7) is 6.84. The van der Waals surface area contributed by atoms with Crippen LogP contribution in [-0.2, 0) is 10.9 Å². The highest BCUT2D eigenvalue weighted by Crippen LogP contribution is 2.42. The molecule has 1 saturated heterocycles. The number of carbonyl (C=O) groups excluding carboxylic acids is 1. The van der Waals surface area contributed by atoms with Crippen molar-refractivity contribution >= 4 is 40.4 Å². The van der Waals surface area contributed by atoms with Gasteiger partial charge in [-0.3, -0.25) is 5.32 Å². The molecule has 1 fully saturated rings. The molecule has 3 heterocycles. The third kappa shape index (κ3) is 5.54. The molecule has 1 aliphatic rings. The quantitative estimate of drug-likeness (QED) is 0.300. The second-order valence-electron chi connectivity index (χ2n) is 9.22. The lowest BCUT2D eigenvalue weighted by molar-refractivity contribution is -0.137. The lowest BCUT2D eigenvalue weighted by Gasteiger charge is -2.36. The Balaban J connectivity index is 1.76. The number of carbonyl (C=O) groups is 1. The number of hydrogen-bond acceptors (Lipinski definition) is 7. The van der Waals surface area contributed by atoms with Gasteiger partial charge in [-0.05, 0) is 38.5 Å². The molecule has 0 unspecified atom stereocenters. The monoisotopic (exact) mass is 522 g/mol. The van der Waals surface area contributed by atoms with Crippen molar-refractivity contribution in [2.75, 3.05) is 30.0 Å². The lowest BCUT2D eigenvalue weighted by atomic mass is 9.91. The van der Waals surface area contributed by atoms with Crippen LogP contribution in [0.2, 0.25) is 0 Å². The Morgan fingerprint density at radius 1 is 1.33 bits per heavy atom. The molecule has 2 aromatic heterocycles. The first-order valence-electron chi connectivity index (χ1n) is 11.6. The van der Waals surface area contributed by atoms with Crippen molar-refractivity contribution in [3.05, 3.63) is 30.1 Å². The molecule has 1 amide bonds. The van der Waals surface area contributed by atoms with E-state index in [9.17, 15) is 18.0 Å². The number of nitrogens with zero attached hydrogens (tertiary/aromatic N) is 2. The van der Waals surface area contributed by atoms with E-state index in [1.807, 2.05) is 6.92 Å². The van der Waals surface area contributed by atoms with Gasteiger partial charge in [0.15, 0.2) is 0 Å². The van der Waals surface area contributed by atoms with E-state index in [1.165, 1.54) is 25.1 Å². The van der Waals surface area contributed by atoms with Crippen LogP contribution in [-0.4, -0.2) is 52.0 Å². The zero-order valence-corrected chi connectivity index (χ0v) is 21.3. The molecule has 12 heteroatoms. The van der Waals surface area contributed by atoms with E-state index in [0.29, 0.717) is 39.3 Å². The number of aromatic amines is 1. The summed E-state index contributed by atoms with van der Waals surface area (Å²) >= 11 is 1.45. The lowest BCUT2D eigenvalue weighted by Crippen LogP contribution is -2.50. The maximum absolute atomic E-state index is 14.0. The number of benzene rings is 1. The highest BCUT2D eigenvalue weighted by atomic mass is 32.2. The molecular formula is C24H29F3N6O2S. The third-order valence-corrected chi connectivity index (χ3v) is 7.15. The normalized spacial score (nSPS) is 17.7. The highest BCUT2D eigenvalue weighted by molar-refractivity contribution is 7.99. The van der Waals surface area contributed by atoms with Crippen LogP contribution in [0, 0.1) is 0 Å². The molecule has 0 spiro atoms. The van der Waals surface area contributed by atoms with Crippen LogP contribution >= 0.6 is 11.8 Å². The van der Waals surface area contributed by atoms with Gasteiger partial charge < -0.3 is 20.4 Å². The molecule has 194 valence electrons. The maximum Gasteiger partial charge on any atom is 0.419 e. The number of hydrogen-bond donors (Lipinski definition) is 4. The molecule has 36 heavy (non-hydrogen) atoms. The van der Waals surface area contributed by atoms with Crippen molar-refractivity contribution in [2.24, 2.45) is 0 Å². The molecule has 4 rings (SSSR count). The van der Waals surface area contributed by atoms with Crippen molar-refractivity contribution < 1.29 is 22.7 Å². The number of methoxy groups -OCH3 is 1. The van der Waals surface area contributed by atoms with Gasteiger partial charge in [0, 0.05) is 41.5 Å². The second kappa shape index (κ2) is 10.2. The molecule has 0 saturated carbocycles. The van der Waals surface area contributed by atoms with Gasteiger partial charge in [-0.25, -0.2) is 14.8 Å². The van der Waals surface area contributed by atoms with Crippen molar-refractivity contribution in [3.63, 3.8) is 0 Å². The first-order chi connectivity index (χ1) is 17.0. The Labute approximate surface area is 211 Å². The van der Waals surface area contributed by atoms with E-state index in [1.54, 1.807) is 12.1 Å². The molecule has 0 aliphatic carbocycles. The first kappa shape index (κ1) is 26.1. The second-order valence-corrected chi connectivity index (χ2v) is 10.5. The number of ether oxygens (including phenoxy) is 1. The molecule has 8 nitrogen and oxygen atoms in total. The fraction of sp³-hybridized carbons (Fsp3) is 0.458. The Bertz CT molecular complexity index is 1250. The van der Waals surface area contributed by atoms with Crippen LogP contribution in [0.3, 0.4) is 0 Å². The number of thioether (sulfide) groups is 1. The van der Waals surface area contributed by atoms with E-state index < -0.39 is 17.8 Å². The number of H-pyrrole nitrogens is 1. The van der Waals surface area contributed by atoms with Crippen LogP contribution in [0.1, 0.15) is 39.2 Å². The van der Waals surface area contributed by atoms with Crippen molar-refractivity contribution in [3.8, 4) is 11.3 Å². The summed E-state index contributed by atoms with van der Waals surface area (Å²) in [7, 11) is 1.26. The van der Waals surface area contributed by atoms with Crippen LogP contribution in [0.5, 0.6) is 0 Å². The Kier molecular flexibility index (Phi) is 7.37. The number of amides is 1. The van der Waals surface area contributed by atoms with Crippen molar-refractivity contribution in [1.29, 1.82) is 0 Å². The van der Waals surface area contributed by atoms with Crippen LogP contribution in [0.15, 0.2) is 29.4 Å². The molecule has 3 aromatic rings. The predicted molar refractivity (Wildman–Crippen MR) is 135 cm³/mol. The SMILES string of the molecule is CCSc1c(NC(=O)OC)ccc2c(-c3nc(N[C@H]4CCC(C)(C)NC4)ncc3C(F)(F)F)c[nH]c12. The molecular weight excluding hydrogens is 493 g/mol. The highest BCUT2D eigenvalue weighted by Gasteiger charge is 2.36. The number of aromatic nitrogens is 3. The smallest absolute Gasteiger partial charge is 0.419 e. The average Bonchev–Trinajstić information content (AvgIpc) is 3.25. The Hall–Kier alpha value is -2.99. The molecule has 4 N–H and O–H groups in total. The van der Waals surface area contributed by atoms with Gasteiger partial charge >= 0.3 is 12.3 Å². The first-order valence-corrected chi connectivity index (χ1v) is 12.6. The van der Waals surface area contributed by atoms with Crippen LogP contribution < -0.4 is 16.0 Å². The molecule has 1 aromatic carbocycles. The number of nitrogens with one attached hydrogen (secondary N) is 4. The van der Waals surface area contributed by atoms with E-state index in [4.69, 9.17) is 4.74 Å². The van der Waals surface area contributed by atoms with Gasteiger partial charge in [0.05, 0.1) is 28.9 Å². The summed E-state index contributed by atoms with van der Waals surface area (Å²) in [6, 6.07) is 3.32. The number of rotatable bonds is 6. The maximum atomic E-state index is 14.0. The molecule has 1 aliphatic heterocycles. The zero-order valence-electron chi connectivity index (χ0n) is 20.5. The van der Waals surface area contributed by atoms with E-state index in [-0.39, 0.29) is 23.2 Å². The summed E-state index contributed by atoms with van der Waals surface area (Å²) < 4.78 is 46.6. The van der Waals surface area contributed by atoms with Crippen molar-refractivity contribution in [2.45, 2.75) is 56.3 Å². The number of piperidine rings is 1. The summed E-state index contributed by atoms with van der Waals surface area (Å²) in [5.74, 6) is 0.830. The topological polar surface area (TPSA) is 104 Å². The molecule has 1 atom stereocenters. The number of fused-ring (bicyclic) bond motifs is 1. The van der Waals surface area contributed by atoms with E-state index >= 15 is 0 Å². The minimum absolute atomic E-state index is 0.00471. The van der Waals surface area contributed by atoms with Gasteiger partial charge in [-0.15, -0.1) is 11.8 Å². The Morgan fingerprint density at radius 2 is 2.11 bits per heavy atom. The minimum Gasteiger partial charge on any atom is -0.453 e. The standard InChI is InChI=1S/C24H29F3N6O2S/c1-5-36-20-17(32-22(34)35-4)7-6-14-15(11-28-19(14)20)18-16(24(25,26)27)12-29-21(33-18)31-13-8-9-23(2,3)30-10-13/h6-7,11-13,28,30H,5,8-10H2,1-4H3,(H,32,34)(H,29,31,33)/t13-/m0/s1. The number of anilines is 2. The molecule has 0 bridgehead atoms. The van der Waals surface area contributed by atoms with Gasteiger partial charge in [-0.2, -0.15) is 13.2 Å². The van der Waals surface area contributed by atoms with Gasteiger partial charge in [0.2, 0.25) is 5.95 Å². The zero-order chi connectivity index (χ0) is 26.1. The largest absolute Gasteiger partial charge is 0.453 e. The predicted octanol–water partition coefficient (Wildman–Crippen LogP) is 5.88. The minimum atomic E-state index is -4.64. The van der Waals surface area contributed by atoms with Crippen LogP contribution in [0.25, 0.3) is 22.2 Å². The average molecular weight is 523 g/mol. The van der Waals surface area contributed by atoms with E-state index in [2.05, 4.69) is 44.7 Å². The number of halogens is 3. The number of alkyl halides is 3. The summed E-state index contributed by atoms with van der Waals surface area (Å²) in [4.78, 5) is 23.9. The van der Waals surface area contributed by atoms with Crippen molar-refractivity contribution in [1.82, 2.24) is 20.3 Å². The van der Waals surface area contributed by atoms with E-state index in [0.717, 1.165) is 19.0 Å². The Morgan fingerprint density at radius 3 is 2.75 bits per heavy atom. The summed E-state index contributed by atoms with van der Waals surface area (Å²) in [5.41, 5.74) is 0.293. The summed E-state index contributed by atoms with van der Waals surface area (Å²) in [5, 5.41) is 9.83. The fourth-order valence-electron chi connectivity index (χ4n) is 4.22.